The fourth-order valence-corrected chi connectivity index (χ4v) is 6.54. The molecular formula is C29H30N2O5S. The Bertz CT molecular complexity index is 1530. The Morgan fingerprint density at radius 2 is 1.76 bits per heavy atom. The van der Waals surface area contributed by atoms with Crippen LogP contribution in [0.4, 0.5) is 0 Å². The highest BCUT2D eigenvalue weighted by molar-refractivity contribution is 7.89. The summed E-state index contributed by atoms with van der Waals surface area (Å²) in [6, 6.07) is 22.6. The zero-order chi connectivity index (χ0) is 26.2. The average molecular weight is 519 g/mol. The van der Waals surface area contributed by atoms with Gasteiger partial charge in [-0.2, -0.15) is 4.31 Å². The minimum absolute atomic E-state index is 0.00817. The highest BCUT2D eigenvalue weighted by atomic mass is 32.2. The number of benzene rings is 3. The first kappa shape index (κ1) is 25.0. The smallest absolute Gasteiger partial charge is 0.323 e. The standard InChI is InChI=1S/C29H30N2O5S/c1-20(2)36-24-9-11-25(12-10-24)37(34,35)31-15-14-23(17-31)27-18-30(19-29(32)33)28-16-22(8-13-26(27)28)21-6-4-3-5-7-21/h3-13,16,18,20,23H,14-15,17,19H2,1-2H3,(H,32,33). The number of sulfonamides is 1. The highest BCUT2D eigenvalue weighted by Gasteiger charge is 2.34. The summed E-state index contributed by atoms with van der Waals surface area (Å²) in [7, 11) is -3.66. The van der Waals surface area contributed by atoms with E-state index in [0.717, 1.165) is 27.6 Å². The number of rotatable bonds is 8. The molecule has 1 aliphatic rings. The van der Waals surface area contributed by atoms with Gasteiger partial charge in [-0.3, -0.25) is 4.79 Å². The summed E-state index contributed by atoms with van der Waals surface area (Å²) < 4.78 is 35.6. The van der Waals surface area contributed by atoms with Crippen LogP contribution in [0.15, 0.2) is 83.9 Å². The van der Waals surface area contributed by atoms with Gasteiger partial charge in [-0.25, -0.2) is 8.42 Å². The second-order valence-electron chi connectivity index (χ2n) is 9.69. The second-order valence-corrected chi connectivity index (χ2v) is 11.6. The van der Waals surface area contributed by atoms with Gasteiger partial charge in [0.1, 0.15) is 12.3 Å². The topological polar surface area (TPSA) is 88.8 Å². The molecule has 37 heavy (non-hydrogen) atoms. The van der Waals surface area contributed by atoms with E-state index in [0.29, 0.717) is 25.3 Å². The number of aromatic nitrogens is 1. The van der Waals surface area contributed by atoms with Crippen molar-refractivity contribution in [2.45, 2.75) is 43.7 Å². The van der Waals surface area contributed by atoms with Gasteiger partial charge in [-0.15, -0.1) is 0 Å². The van der Waals surface area contributed by atoms with Crippen LogP contribution in [-0.2, 0) is 21.4 Å². The van der Waals surface area contributed by atoms with Crippen LogP contribution in [0.3, 0.4) is 0 Å². The first-order chi connectivity index (χ1) is 17.7. The molecule has 3 aromatic carbocycles. The summed E-state index contributed by atoms with van der Waals surface area (Å²) in [4.78, 5) is 11.8. The minimum Gasteiger partial charge on any atom is -0.491 e. The van der Waals surface area contributed by atoms with Gasteiger partial charge in [-0.1, -0.05) is 42.5 Å². The maximum Gasteiger partial charge on any atom is 0.323 e. The van der Waals surface area contributed by atoms with Crippen LogP contribution in [0, 0.1) is 0 Å². The van der Waals surface area contributed by atoms with Crippen LogP contribution < -0.4 is 4.74 Å². The highest BCUT2D eigenvalue weighted by Crippen LogP contribution is 2.37. The van der Waals surface area contributed by atoms with Crippen LogP contribution in [0.2, 0.25) is 0 Å². The molecule has 0 radical (unpaired) electrons. The van der Waals surface area contributed by atoms with Crippen LogP contribution in [-0.4, -0.2) is 47.6 Å². The van der Waals surface area contributed by atoms with Gasteiger partial charge in [0.25, 0.3) is 0 Å². The number of nitrogens with zero attached hydrogens (tertiary/aromatic N) is 2. The fourth-order valence-electron chi connectivity index (χ4n) is 5.04. The lowest BCUT2D eigenvalue weighted by Crippen LogP contribution is -2.28. The second kappa shape index (κ2) is 10.0. The molecule has 1 aliphatic heterocycles. The minimum atomic E-state index is -3.66. The number of aliphatic carboxylic acids is 1. The molecule has 1 fully saturated rings. The number of ether oxygens (including phenoxy) is 1. The molecule has 0 bridgehead atoms. The van der Waals surface area contributed by atoms with E-state index in [1.54, 1.807) is 28.8 Å². The van der Waals surface area contributed by atoms with Gasteiger partial charge >= 0.3 is 5.97 Å². The van der Waals surface area contributed by atoms with E-state index >= 15 is 0 Å². The molecule has 0 saturated carbocycles. The summed E-state index contributed by atoms with van der Waals surface area (Å²) in [5.74, 6) is -0.318. The van der Waals surface area contributed by atoms with Crippen molar-refractivity contribution in [1.82, 2.24) is 8.87 Å². The van der Waals surface area contributed by atoms with Crippen molar-refractivity contribution >= 4 is 26.9 Å². The Morgan fingerprint density at radius 3 is 2.43 bits per heavy atom. The summed E-state index contributed by atoms with van der Waals surface area (Å²) in [5, 5.41) is 10.5. The van der Waals surface area contributed by atoms with Crippen LogP contribution in [0.25, 0.3) is 22.0 Å². The summed E-state index contributed by atoms with van der Waals surface area (Å²) in [6.07, 6.45) is 2.56. The van der Waals surface area contributed by atoms with Crippen molar-refractivity contribution < 1.29 is 23.1 Å². The number of fused-ring (bicyclic) bond motifs is 1. The number of carboxylic acids is 1. The van der Waals surface area contributed by atoms with Gasteiger partial charge in [0.2, 0.25) is 10.0 Å². The molecule has 0 aliphatic carbocycles. The third kappa shape index (κ3) is 5.12. The molecule has 0 spiro atoms. The molecular weight excluding hydrogens is 488 g/mol. The number of carboxylic acid groups (broad SMARTS) is 1. The maximum atomic E-state index is 13.4. The largest absolute Gasteiger partial charge is 0.491 e. The van der Waals surface area contributed by atoms with Crippen molar-refractivity contribution in [1.29, 1.82) is 0 Å². The van der Waals surface area contributed by atoms with E-state index in [9.17, 15) is 18.3 Å². The van der Waals surface area contributed by atoms with Gasteiger partial charge < -0.3 is 14.4 Å². The molecule has 1 atom stereocenters. The van der Waals surface area contributed by atoms with Crippen LogP contribution in [0.1, 0.15) is 31.7 Å². The Morgan fingerprint density at radius 1 is 1.03 bits per heavy atom. The van der Waals surface area contributed by atoms with E-state index in [-0.39, 0.29) is 23.5 Å². The Hall–Kier alpha value is -3.62. The molecule has 8 heteroatoms. The zero-order valence-corrected chi connectivity index (χ0v) is 21.7. The third-order valence-electron chi connectivity index (χ3n) is 6.75. The summed E-state index contributed by atoms with van der Waals surface area (Å²) in [5.41, 5.74) is 3.87. The first-order valence-electron chi connectivity index (χ1n) is 12.4. The van der Waals surface area contributed by atoms with Gasteiger partial charge in [0, 0.05) is 36.1 Å². The molecule has 0 amide bonds. The molecule has 192 valence electrons. The Kier molecular flexibility index (Phi) is 6.79. The van der Waals surface area contributed by atoms with Crippen molar-refractivity contribution in [2.75, 3.05) is 13.1 Å². The lowest BCUT2D eigenvalue weighted by atomic mass is 9.96. The quantitative estimate of drug-likeness (QED) is 0.339. The van der Waals surface area contributed by atoms with Crippen molar-refractivity contribution in [3.05, 3.63) is 84.6 Å². The predicted molar refractivity (Wildman–Crippen MR) is 143 cm³/mol. The molecule has 5 rings (SSSR count). The maximum absolute atomic E-state index is 13.4. The lowest BCUT2D eigenvalue weighted by molar-refractivity contribution is -0.137. The van der Waals surface area contributed by atoms with Gasteiger partial charge in [0.05, 0.1) is 11.0 Å². The van der Waals surface area contributed by atoms with Crippen molar-refractivity contribution in [3.8, 4) is 16.9 Å². The fraction of sp³-hybridized carbons (Fsp3) is 0.276. The molecule has 1 saturated heterocycles. The Labute approximate surface area is 217 Å². The molecule has 4 aromatic rings. The number of hydrogen-bond donors (Lipinski definition) is 1. The van der Waals surface area contributed by atoms with E-state index in [2.05, 4.69) is 0 Å². The van der Waals surface area contributed by atoms with Crippen molar-refractivity contribution in [3.63, 3.8) is 0 Å². The lowest BCUT2D eigenvalue weighted by Gasteiger charge is -2.17. The molecule has 1 N–H and O–H groups in total. The molecule has 1 unspecified atom stereocenters. The van der Waals surface area contributed by atoms with E-state index in [4.69, 9.17) is 4.74 Å². The van der Waals surface area contributed by atoms with E-state index in [1.165, 1.54) is 4.31 Å². The Balaban J connectivity index is 1.44. The first-order valence-corrected chi connectivity index (χ1v) is 13.8. The van der Waals surface area contributed by atoms with E-state index in [1.807, 2.05) is 68.6 Å². The summed E-state index contributed by atoms with van der Waals surface area (Å²) >= 11 is 0. The van der Waals surface area contributed by atoms with Crippen LogP contribution >= 0.6 is 0 Å². The summed E-state index contributed by atoms with van der Waals surface area (Å²) in [6.45, 7) is 4.44. The average Bonchev–Trinajstić information content (AvgIpc) is 3.50. The normalized spacial score (nSPS) is 16.5. The zero-order valence-electron chi connectivity index (χ0n) is 20.9. The molecule has 2 heterocycles. The van der Waals surface area contributed by atoms with Gasteiger partial charge in [0.15, 0.2) is 0 Å². The van der Waals surface area contributed by atoms with Crippen molar-refractivity contribution in [2.24, 2.45) is 0 Å². The van der Waals surface area contributed by atoms with E-state index < -0.39 is 16.0 Å². The molecule has 7 nitrogen and oxygen atoms in total. The SMILES string of the molecule is CC(C)Oc1ccc(S(=O)(=O)N2CCC(c3cn(CC(=O)O)c4cc(-c5ccccc5)ccc34)C2)cc1. The number of carbonyl (C=O) groups is 1. The predicted octanol–water partition coefficient (Wildman–Crippen LogP) is 5.36. The third-order valence-corrected chi connectivity index (χ3v) is 8.63. The van der Waals surface area contributed by atoms with Gasteiger partial charge in [-0.05, 0) is 67.3 Å². The van der Waals surface area contributed by atoms with Crippen LogP contribution in [0.5, 0.6) is 5.75 Å². The number of hydrogen-bond acceptors (Lipinski definition) is 4. The molecule has 1 aromatic heterocycles. The monoisotopic (exact) mass is 518 g/mol.